The summed E-state index contributed by atoms with van der Waals surface area (Å²) in [6, 6.07) is 9.39. The van der Waals surface area contributed by atoms with Gasteiger partial charge in [0.15, 0.2) is 0 Å². The highest BCUT2D eigenvalue weighted by atomic mass is 79.9. The maximum atomic E-state index is 13.1. The fourth-order valence-corrected chi connectivity index (χ4v) is 2.58. The van der Waals surface area contributed by atoms with Gasteiger partial charge in [0.05, 0.1) is 9.40 Å². The van der Waals surface area contributed by atoms with Crippen LogP contribution in [-0.2, 0) is 6.54 Å². The molecule has 2 rings (SSSR count). The van der Waals surface area contributed by atoms with Crippen LogP contribution in [0.15, 0.2) is 45.3 Å². The van der Waals surface area contributed by atoms with Gasteiger partial charge in [-0.05, 0) is 55.6 Å². The number of rotatable bonds is 4. The number of nitro groups is 1. The molecule has 104 valence electrons. The quantitative estimate of drug-likeness (QED) is 0.585. The van der Waals surface area contributed by atoms with Crippen LogP contribution < -0.4 is 5.32 Å². The minimum absolute atomic E-state index is 0.0181. The lowest BCUT2D eigenvalue weighted by Crippen LogP contribution is -2.02. The molecule has 0 aliphatic rings. The van der Waals surface area contributed by atoms with Gasteiger partial charge in [-0.15, -0.1) is 0 Å². The van der Waals surface area contributed by atoms with Gasteiger partial charge in [0.25, 0.3) is 5.69 Å². The number of nitrogens with zero attached hydrogens (tertiary/aromatic N) is 1. The van der Waals surface area contributed by atoms with Crippen molar-refractivity contribution in [2.24, 2.45) is 0 Å². The van der Waals surface area contributed by atoms with E-state index < -0.39 is 4.92 Å². The highest BCUT2D eigenvalue weighted by molar-refractivity contribution is 9.11. The second kappa shape index (κ2) is 6.32. The molecule has 0 atom stereocenters. The van der Waals surface area contributed by atoms with Gasteiger partial charge in [-0.3, -0.25) is 10.1 Å². The Kier molecular flexibility index (Phi) is 4.72. The molecule has 0 bridgehead atoms. The molecular formula is C13H9Br2FN2O2. The number of hydrogen-bond acceptors (Lipinski definition) is 3. The van der Waals surface area contributed by atoms with Crippen molar-refractivity contribution in [3.63, 3.8) is 0 Å². The molecule has 0 amide bonds. The summed E-state index contributed by atoms with van der Waals surface area (Å²) in [5, 5.41) is 13.9. The second-order valence-electron chi connectivity index (χ2n) is 3.99. The molecule has 7 heteroatoms. The third-order valence-electron chi connectivity index (χ3n) is 2.66. The molecule has 0 spiro atoms. The minimum Gasteiger partial charge on any atom is -0.381 e. The molecule has 0 heterocycles. The normalized spacial score (nSPS) is 10.3. The maximum absolute atomic E-state index is 13.1. The summed E-state index contributed by atoms with van der Waals surface area (Å²) in [5.74, 6) is -0.341. The topological polar surface area (TPSA) is 55.2 Å². The van der Waals surface area contributed by atoms with Crippen molar-refractivity contribution in [1.82, 2.24) is 0 Å². The molecule has 20 heavy (non-hydrogen) atoms. The van der Waals surface area contributed by atoms with Gasteiger partial charge in [-0.25, -0.2) is 4.39 Å². The average Bonchev–Trinajstić information content (AvgIpc) is 2.41. The molecule has 0 aromatic heterocycles. The third-order valence-corrected chi connectivity index (χ3v) is 4.18. The number of hydrogen-bond donors (Lipinski definition) is 1. The van der Waals surface area contributed by atoms with Crippen molar-refractivity contribution in [2.75, 3.05) is 5.32 Å². The van der Waals surface area contributed by atoms with E-state index in [2.05, 4.69) is 37.2 Å². The summed E-state index contributed by atoms with van der Waals surface area (Å²) >= 11 is 6.33. The van der Waals surface area contributed by atoms with Crippen LogP contribution in [0.3, 0.4) is 0 Å². The molecule has 4 nitrogen and oxygen atoms in total. The smallest absolute Gasteiger partial charge is 0.283 e. The van der Waals surface area contributed by atoms with Crippen LogP contribution in [0.2, 0.25) is 0 Å². The first-order valence-electron chi connectivity index (χ1n) is 5.59. The SMILES string of the molecule is O=[N+]([O-])c1cccc(CNc2ccc(F)c(Br)c2)c1Br. The van der Waals surface area contributed by atoms with E-state index in [0.717, 1.165) is 11.3 Å². The van der Waals surface area contributed by atoms with Crippen LogP contribution in [0.5, 0.6) is 0 Å². The number of nitrogens with one attached hydrogen (secondary N) is 1. The van der Waals surface area contributed by atoms with E-state index in [0.29, 0.717) is 15.5 Å². The summed E-state index contributed by atoms with van der Waals surface area (Å²) < 4.78 is 13.9. The number of anilines is 1. The van der Waals surface area contributed by atoms with E-state index in [9.17, 15) is 14.5 Å². The van der Waals surface area contributed by atoms with Gasteiger partial charge >= 0.3 is 0 Å². The van der Waals surface area contributed by atoms with Gasteiger partial charge in [-0.2, -0.15) is 0 Å². The minimum atomic E-state index is -0.442. The molecule has 0 saturated carbocycles. The number of halogens is 3. The predicted octanol–water partition coefficient (Wildman–Crippen LogP) is 4.87. The first kappa shape index (κ1) is 14.9. The van der Waals surface area contributed by atoms with Gasteiger partial charge in [0, 0.05) is 18.3 Å². The van der Waals surface area contributed by atoms with E-state index in [1.165, 1.54) is 12.1 Å². The van der Waals surface area contributed by atoms with E-state index in [1.807, 2.05) is 0 Å². The number of nitro benzene ring substituents is 1. The lowest BCUT2D eigenvalue weighted by Gasteiger charge is -2.09. The Morgan fingerprint density at radius 3 is 2.65 bits per heavy atom. The van der Waals surface area contributed by atoms with Crippen molar-refractivity contribution in [3.05, 3.63) is 66.8 Å². The van der Waals surface area contributed by atoms with Gasteiger partial charge in [0.2, 0.25) is 0 Å². The molecule has 2 aromatic carbocycles. The van der Waals surface area contributed by atoms with E-state index in [4.69, 9.17) is 0 Å². The molecule has 1 N–H and O–H groups in total. The summed E-state index contributed by atoms with van der Waals surface area (Å²) in [7, 11) is 0. The first-order chi connectivity index (χ1) is 9.49. The van der Waals surface area contributed by atoms with Crippen LogP contribution in [0.1, 0.15) is 5.56 Å². The zero-order valence-corrected chi connectivity index (χ0v) is 13.2. The molecular weight excluding hydrogens is 395 g/mol. The summed E-state index contributed by atoms with van der Waals surface area (Å²) in [6.45, 7) is 0.389. The Balaban J connectivity index is 2.17. The molecule has 0 saturated heterocycles. The highest BCUT2D eigenvalue weighted by Crippen LogP contribution is 2.29. The maximum Gasteiger partial charge on any atom is 0.283 e. The molecule has 0 aliphatic heterocycles. The molecule has 0 radical (unpaired) electrons. The standard InChI is InChI=1S/C13H9Br2FN2O2/c14-10-6-9(4-5-11(10)16)17-7-8-2-1-3-12(13(8)15)18(19)20/h1-6,17H,7H2. The summed E-state index contributed by atoms with van der Waals surface area (Å²) in [4.78, 5) is 10.4. The Bertz CT molecular complexity index is 665. The highest BCUT2D eigenvalue weighted by Gasteiger charge is 2.14. The van der Waals surface area contributed by atoms with Crippen molar-refractivity contribution in [2.45, 2.75) is 6.54 Å². The lowest BCUT2D eigenvalue weighted by atomic mass is 10.2. The zero-order chi connectivity index (χ0) is 14.7. The van der Waals surface area contributed by atoms with Crippen molar-refractivity contribution >= 4 is 43.2 Å². The van der Waals surface area contributed by atoms with E-state index in [1.54, 1.807) is 24.3 Å². The molecule has 0 unspecified atom stereocenters. The zero-order valence-electron chi connectivity index (χ0n) is 10.1. The van der Waals surface area contributed by atoms with Gasteiger partial charge < -0.3 is 5.32 Å². The van der Waals surface area contributed by atoms with Crippen LogP contribution in [0.4, 0.5) is 15.8 Å². The second-order valence-corrected chi connectivity index (χ2v) is 5.64. The van der Waals surface area contributed by atoms with Crippen molar-refractivity contribution < 1.29 is 9.31 Å². The first-order valence-corrected chi connectivity index (χ1v) is 7.18. The number of benzene rings is 2. The predicted molar refractivity (Wildman–Crippen MR) is 82.2 cm³/mol. The van der Waals surface area contributed by atoms with Crippen LogP contribution >= 0.6 is 31.9 Å². The monoisotopic (exact) mass is 402 g/mol. The Labute approximate surface area is 131 Å². The van der Waals surface area contributed by atoms with Gasteiger partial charge in [0.1, 0.15) is 10.3 Å². The summed E-state index contributed by atoms with van der Waals surface area (Å²) in [5.41, 5.74) is 1.49. The van der Waals surface area contributed by atoms with E-state index >= 15 is 0 Å². The van der Waals surface area contributed by atoms with Crippen LogP contribution in [-0.4, -0.2) is 4.92 Å². The van der Waals surface area contributed by atoms with Gasteiger partial charge in [-0.1, -0.05) is 12.1 Å². The summed E-state index contributed by atoms with van der Waals surface area (Å²) in [6.07, 6.45) is 0. The lowest BCUT2D eigenvalue weighted by molar-refractivity contribution is -0.385. The Morgan fingerprint density at radius 1 is 1.25 bits per heavy atom. The fourth-order valence-electron chi connectivity index (χ4n) is 1.65. The van der Waals surface area contributed by atoms with E-state index in [-0.39, 0.29) is 11.5 Å². The van der Waals surface area contributed by atoms with Crippen molar-refractivity contribution in [3.8, 4) is 0 Å². The van der Waals surface area contributed by atoms with Crippen molar-refractivity contribution in [1.29, 1.82) is 0 Å². The molecule has 0 aliphatic carbocycles. The van der Waals surface area contributed by atoms with Crippen LogP contribution in [0, 0.1) is 15.9 Å². The Morgan fingerprint density at radius 2 is 2.00 bits per heavy atom. The molecule has 2 aromatic rings. The largest absolute Gasteiger partial charge is 0.381 e. The third kappa shape index (κ3) is 3.34. The Hall–Kier alpha value is -1.47. The fraction of sp³-hybridized carbons (Fsp3) is 0.0769. The molecule has 0 fully saturated rings. The average molecular weight is 404 g/mol. The van der Waals surface area contributed by atoms with Crippen LogP contribution in [0.25, 0.3) is 0 Å².